The average molecular weight is 373 g/mol. The number of thiophene rings is 1. The third-order valence-electron chi connectivity index (χ3n) is 4.81. The van der Waals surface area contributed by atoms with Crippen molar-refractivity contribution in [3.8, 4) is 0 Å². The van der Waals surface area contributed by atoms with E-state index < -0.39 is 10.0 Å². The van der Waals surface area contributed by atoms with Crippen molar-refractivity contribution in [2.24, 2.45) is 5.92 Å². The SMILES string of the molecule is CCS(=O)(=O)N1CCOCC2CN(C(=O)c3ccc(C)s3)CCC21. The fraction of sp³-hybridized carbons (Fsp3) is 0.688. The lowest BCUT2D eigenvalue weighted by atomic mass is 9.92. The minimum absolute atomic E-state index is 0.0348. The number of rotatable bonds is 3. The standard InChI is InChI=1S/C16H24N2O4S2/c1-3-24(20,21)18-8-9-22-11-13-10-17(7-6-14(13)18)16(19)15-5-4-12(2)23-15/h4-5,13-14H,3,6-11H2,1-2H3. The lowest BCUT2D eigenvalue weighted by Crippen LogP contribution is -2.54. The monoisotopic (exact) mass is 372 g/mol. The van der Waals surface area contributed by atoms with Crippen molar-refractivity contribution < 1.29 is 17.9 Å². The van der Waals surface area contributed by atoms with E-state index in [9.17, 15) is 13.2 Å². The topological polar surface area (TPSA) is 66.9 Å². The lowest BCUT2D eigenvalue weighted by Gasteiger charge is -2.41. The van der Waals surface area contributed by atoms with Gasteiger partial charge in [0.15, 0.2) is 0 Å². The molecule has 2 fully saturated rings. The number of aryl methyl sites for hydroxylation is 1. The second kappa shape index (κ2) is 7.11. The first-order valence-electron chi connectivity index (χ1n) is 8.35. The van der Waals surface area contributed by atoms with E-state index >= 15 is 0 Å². The van der Waals surface area contributed by atoms with E-state index in [0.29, 0.717) is 39.3 Å². The van der Waals surface area contributed by atoms with Gasteiger partial charge >= 0.3 is 0 Å². The summed E-state index contributed by atoms with van der Waals surface area (Å²) in [5.74, 6) is 0.182. The highest BCUT2D eigenvalue weighted by Gasteiger charge is 2.40. The molecule has 8 heteroatoms. The quantitative estimate of drug-likeness (QED) is 0.808. The van der Waals surface area contributed by atoms with Crippen LogP contribution in [-0.2, 0) is 14.8 Å². The molecule has 0 bridgehead atoms. The summed E-state index contributed by atoms with van der Waals surface area (Å²) in [7, 11) is -3.25. The molecule has 0 spiro atoms. The number of likely N-dealkylation sites (tertiary alicyclic amines) is 1. The molecule has 1 aromatic heterocycles. The minimum atomic E-state index is -3.25. The molecular weight excluding hydrogens is 348 g/mol. The first kappa shape index (κ1) is 17.8. The Morgan fingerprint density at radius 2 is 2.17 bits per heavy atom. The maximum absolute atomic E-state index is 12.7. The van der Waals surface area contributed by atoms with Gasteiger partial charge in [0.2, 0.25) is 10.0 Å². The summed E-state index contributed by atoms with van der Waals surface area (Å²) in [6, 6.07) is 3.76. The summed E-state index contributed by atoms with van der Waals surface area (Å²) in [6.07, 6.45) is 0.670. The lowest BCUT2D eigenvalue weighted by molar-refractivity contribution is 0.0471. The molecular formula is C16H24N2O4S2. The van der Waals surface area contributed by atoms with Gasteiger partial charge in [0.25, 0.3) is 5.91 Å². The maximum atomic E-state index is 12.7. The van der Waals surface area contributed by atoms with Gasteiger partial charge in [-0.2, -0.15) is 4.31 Å². The summed E-state index contributed by atoms with van der Waals surface area (Å²) < 4.78 is 32.0. The first-order chi connectivity index (χ1) is 11.4. The third kappa shape index (κ3) is 3.51. The van der Waals surface area contributed by atoms with Crippen molar-refractivity contribution in [2.45, 2.75) is 26.3 Å². The van der Waals surface area contributed by atoms with Crippen LogP contribution in [0.2, 0.25) is 0 Å². The molecule has 2 unspecified atom stereocenters. The number of nitrogens with zero attached hydrogens (tertiary/aromatic N) is 2. The number of carbonyl (C=O) groups is 1. The van der Waals surface area contributed by atoms with Gasteiger partial charge in [-0.25, -0.2) is 8.42 Å². The van der Waals surface area contributed by atoms with Crippen LogP contribution in [-0.4, -0.2) is 68.2 Å². The number of amides is 1. The van der Waals surface area contributed by atoms with Crippen LogP contribution in [0.1, 0.15) is 27.9 Å². The smallest absolute Gasteiger partial charge is 0.263 e. The van der Waals surface area contributed by atoms with E-state index in [2.05, 4.69) is 0 Å². The molecule has 6 nitrogen and oxygen atoms in total. The van der Waals surface area contributed by atoms with Crippen LogP contribution in [0.25, 0.3) is 0 Å². The van der Waals surface area contributed by atoms with Gasteiger partial charge in [0.1, 0.15) is 0 Å². The van der Waals surface area contributed by atoms with Crippen LogP contribution in [0.4, 0.5) is 0 Å². The van der Waals surface area contributed by atoms with Gasteiger partial charge in [-0.05, 0) is 32.4 Å². The molecule has 134 valence electrons. The normalized spacial score (nSPS) is 26.0. The van der Waals surface area contributed by atoms with Crippen LogP contribution in [0.5, 0.6) is 0 Å². The van der Waals surface area contributed by atoms with Crippen molar-refractivity contribution in [1.29, 1.82) is 0 Å². The number of carbonyl (C=O) groups excluding carboxylic acids is 1. The molecule has 0 aliphatic carbocycles. The van der Waals surface area contributed by atoms with E-state index in [0.717, 1.165) is 9.75 Å². The highest BCUT2D eigenvalue weighted by molar-refractivity contribution is 7.89. The van der Waals surface area contributed by atoms with E-state index in [1.54, 1.807) is 11.2 Å². The van der Waals surface area contributed by atoms with Crippen LogP contribution < -0.4 is 0 Å². The summed E-state index contributed by atoms with van der Waals surface area (Å²) in [5.41, 5.74) is 0. The van der Waals surface area contributed by atoms with Crippen molar-refractivity contribution in [1.82, 2.24) is 9.21 Å². The Morgan fingerprint density at radius 3 is 2.83 bits per heavy atom. The molecule has 3 rings (SSSR count). The molecule has 0 aromatic carbocycles. The molecule has 2 aliphatic rings. The Balaban J connectivity index is 1.76. The molecule has 0 saturated carbocycles. The van der Waals surface area contributed by atoms with E-state index in [1.807, 2.05) is 24.0 Å². The summed E-state index contributed by atoms with van der Waals surface area (Å²) >= 11 is 1.50. The average Bonchev–Trinajstić information content (AvgIpc) is 2.89. The highest BCUT2D eigenvalue weighted by Crippen LogP contribution is 2.29. The van der Waals surface area contributed by atoms with Crippen molar-refractivity contribution >= 4 is 27.3 Å². The van der Waals surface area contributed by atoms with Crippen LogP contribution in [0.3, 0.4) is 0 Å². The van der Waals surface area contributed by atoms with Crippen molar-refractivity contribution in [3.05, 3.63) is 21.9 Å². The Hall–Kier alpha value is -0.960. The second-order valence-corrected chi connectivity index (χ2v) is 9.86. The molecule has 2 aliphatic heterocycles. The number of fused-ring (bicyclic) bond motifs is 1. The summed E-state index contributed by atoms with van der Waals surface area (Å²) in [4.78, 5) is 16.4. The number of sulfonamides is 1. The predicted molar refractivity (Wildman–Crippen MR) is 93.8 cm³/mol. The van der Waals surface area contributed by atoms with Crippen LogP contribution >= 0.6 is 11.3 Å². The van der Waals surface area contributed by atoms with Gasteiger partial charge in [0, 0.05) is 36.5 Å². The van der Waals surface area contributed by atoms with Gasteiger partial charge < -0.3 is 9.64 Å². The largest absolute Gasteiger partial charge is 0.380 e. The first-order valence-corrected chi connectivity index (χ1v) is 10.8. The predicted octanol–water partition coefficient (Wildman–Crippen LogP) is 1.57. The minimum Gasteiger partial charge on any atom is -0.380 e. The maximum Gasteiger partial charge on any atom is 0.263 e. The summed E-state index contributed by atoms with van der Waals surface area (Å²) in [6.45, 7) is 6.14. The zero-order valence-corrected chi connectivity index (χ0v) is 15.7. The molecule has 0 radical (unpaired) electrons. The number of ether oxygens (including phenoxy) is 1. The van der Waals surface area contributed by atoms with Gasteiger partial charge in [-0.1, -0.05) is 0 Å². The fourth-order valence-electron chi connectivity index (χ4n) is 3.52. The Labute approximate surface area is 147 Å². The third-order valence-corrected chi connectivity index (χ3v) is 7.70. The second-order valence-electron chi connectivity index (χ2n) is 6.36. The molecule has 2 atom stereocenters. The van der Waals surface area contributed by atoms with Gasteiger partial charge in [0.05, 0.1) is 23.8 Å². The van der Waals surface area contributed by atoms with Gasteiger partial charge in [-0.3, -0.25) is 4.79 Å². The van der Waals surface area contributed by atoms with Crippen LogP contribution in [0, 0.1) is 12.8 Å². The van der Waals surface area contributed by atoms with E-state index in [-0.39, 0.29) is 23.6 Å². The Kier molecular flexibility index (Phi) is 5.29. The highest BCUT2D eigenvalue weighted by atomic mass is 32.2. The van der Waals surface area contributed by atoms with Gasteiger partial charge in [-0.15, -0.1) is 11.3 Å². The van der Waals surface area contributed by atoms with E-state index in [4.69, 9.17) is 4.74 Å². The molecule has 24 heavy (non-hydrogen) atoms. The Morgan fingerprint density at radius 1 is 1.38 bits per heavy atom. The van der Waals surface area contributed by atoms with E-state index in [1.165, 1.54) is 11.3 Å². The zero-order valence-electron chi connectivity index (χ0n) is 14.1. The summed E-state index contributed by atoms with van der Waals surface area (Å²) in [5, 5.41) is 0. The van der Waals surface area contributed by atoms with Crippen LogP contribution in [0.15, 0.2) is 12.1 Å². The molecule has 2 saturated heterocycles. The fourth-order valence-corrected chi connectivity index (χ4v) is 5.73. The molecule has 1 amide bonds. The number of hydrogen-bond acceptors (Lipinski definition) is 5. The zero-order chi connectivity index (χ0) is 17.3. The Bertz CT molecular complexity index is 701. The molecule has 1 aromatic rings. The molecule has 0 N–H and O–H groups in total. The van der Waals surface area contributed by atoms with Crippen molar-refractivity contribution in [2.75, 3.05) is 38.6 Å². The number of piperidine rings is 1. The molecule has 3 heterocycles. The number of hydrogen-bond donors (Lipinski definition) is 0. The van der Waals surface area contributed by atoms with Crippen molar-refractivity contribution in [3.63, 3.8) is 0 Å².